The molecule has 1 aromatic carbocycles. The summed E-state index contributed by atoms with van der Waals surface area (Å²) in [6, 6.07) is 28.3. The molecule has 0 amide bonds. The number of nitrogens with zero attached hydrogens (tertiary/aromatic N) is 26. The van der Waals surface area contributed by atoms with Gasteiger partial charge in [-0.05, 0) is 66.7 Å². The van der Waals surface area contributed by atoms with Crippen molar-refractivity contribution in [2.75, 3.05) is 0 Å². The maximum absolute atomic E-state index is 7.89. The second-order valence-corrected chi connectivity index (χ2v) is 26.5. The largest absolute Gasteiger partial charge is 0.395 e. The number of imidazole rings is 8. The molecule has 5 aliphatic rings. The molecule has 0 saturated carbocycles. The van der Waals surface area contributed by atoms with Gasteiger partial charge >= 0.3 is 22.9 Å². The number of oxazole rings is 1. The minimum absolute atomic E-state index is 0.600. The number of thiazole rings is 1. The number of rotatable bonds is 1. The number of hydrogen-bond acceptors (Lipinski definition) is 15. The highest BCUT2D eigenvalue weighted by atomic mass is 32.1. The zero-order valence-electron chi connectivity index (χ0n) is 57.3. The Morgan fingerprint density at radius 3 is 1.55 bits per heavy atom. The van der Waals surface area contributed by atoms with Crippen molar-refractivity contribution in [3.8, 4) is 61.9 Å². The van der Waals surface area contributed by atoms with Crippen LogP contribution in [0.5, 0.6) is 0 Å². The molecule has 0 unspecified atom stereocenters. The summed E-state index contributed by atoms with van der Waals surface area (Å²) >= 11 is 1.72. The molecule has 0 radical (unpaired) electrons. The Morgan fingerprint density at radius 1 is 0.427 bits per heavy atom. The highest BCUT2D eigenvalue weighted by molar-refractivity contribution is 7.20. The average molecular weight is 1370 g/mol. The summed E-state index contributed by atoms with van der Waals surface area (Å²) in [6.07, 6.45) is 42.7. The number of aromatic nitrogens is 26. The van der Waals surface area contributed by atoms with E-state index in [-0.39, 0.29) is 0 Å². The molecule has 26 rings (SSSR count). The van der Waals surface area contributed by atoms with E-state index >= 15 is 0 Å². The standard InChI is InChI=1S/C19H13N6.2C15H12N5.C13H8N5O.C13H8N5S/c1-2-4-14(5-3-1)25-17-19(23-9-8-21-11-16(23)22-17)24-12-13-6-7-20-10-15(13)18(24)25;2*1-18-12-3-2-5-17-14(12)20-13(18)9-19-8-10-4-6-16-7-11(10)15(19)20;2*1-2-14-5-9-8(1)7-18-12-11(19-13(9)18)16-10-6-15-3-4-17(10)12/h1-11H,12H2;2*2-7,9H,8H2,1H3;2*1-6H,7H2/q5*+1/i;1D3;;;. The predicted octanol–water partition coefficient (Wildman–Crippen LogP) is 8.30. The molecule has 0 spiro atoms. The van der Waals surface area contributed by atoms with Gasteiger partial charge in [0.25, 0.3) is 34.2 Å². The lowest BCUT2D eigenvalue weighted by Gasteiger charge is -2.02. The molecular formula is C75H53N26OS+5. The number of fused-ring (bicyclic) bond motifs is 35. The van der Waals surface area contributed by atoms with Crippen molar-refractivity contribution in [3.63, 3.8) is 0 Å². The third-order valence-corrected chi connectivity index (χ3v) is 21.1. The molecule has 103 heavy (non-hydrogen) atoms. The molecule has 0 saturated heterocycles. The summed E-state index contributed by atoms with van der Waals surface area (Å²) in [7, 11) is 2.08. The van der Waals surface area contributed by atoms with Gasteiger partial charge in [0.2, 0.25) is 38.9 Å². The third-order valence-electron chi connectivity index (χ3n) is 20.0. The molecule has 0 N–H and O–H groups in total. The molecule has 5 aliphatic heterocycles. The minimum atomic E-state index is -2.27. The van der Waals surface area contributed by atoms with Crippen LogP contribution in [0, 0.1) is 0 Å². The summed E-state index contributed by atoms with van der Waals surface area (Å²) in [5.41, 5.74) is 25.5. The zero-order valence-corrected chi connectivity index (χ0v) is 55.2. The molecule has 0 bridgehead atoms. The van der Waals surface area contributed by atoms with Gasteiger partial charge in [-0.15, -0.1) is 0 Å². The summed E-state index contributed by atoms with van der Waals surface area (Å²) in [6.45, 7) is 1.85. The molecule has 0 aliphatic carbocycles. The van der Waals surface area contributed by atoms with Gasteiger partial charge in [-0.2, -0.15) is 37.1 Å². The molecule has 27 nitrogen and oxygen atoms in total. The van der Waals surface area contributed by atoms with E-state index in [4.69, 9.17) is 13.5 Å². The van der Waals surface area contributed by atoms with Crippen LogP contribution in [-0.4, -0.2) is 100 Å². The molecule has 20 aromatic heterocycles. The summed E-state index contributed by atoms with van der Waals surface area (Å²) in [4.78, 5) is 57.6. The highest BCUT2D eigenvalue weighted by Gasteiger charge is 2.40. The molecule has 21 aromatic rings. The van der Waals surface area contributed by atoms with Crippen molar-refractivity contribution < 1.29 is 31.4 Å². The quantitative estimate of drug-likeness (QED) is 0.141. The fraction of sp³-hybridized carbons (Fsp3) is 0.0933. The Morgan fingerprint density at radius 2 is 0.922 bits per heavy atom. The lowest BCUT2D eigenvalue weighted by Crippen LogP contribution is -2.32. The Labute approximate surface area is 587 Å². The van der Waals surface area contributed by atoms with Crippen LogP contribution < -0.4 is 22.8 Å². The number of benzene rings is 1. The SMILES string of the molecule is Cn1c2cccnc2n2c3[n+](cc12)Cc1ccncc1-3.[2H]C([2H])([2H])n1c2cccnc2n2c3[n+](cc12)Cc1ccncc1-3.c1cc2c(cn1)-c1oc3nc4cnccn4c3[n+]1C2.c1cc2c(cn1)-c1sc3nc4cnccn4c3[n+]1C2.c1ccc(-n2c3[n+](c4c2nc2cnccn24)Cc2ccncc2-3)cc1. The van der Waals surface area contributed by atoms with Crippen molar-refractivity contribution in [2.24, 2.45) is 14.0 Å². The van der Waals surface area contributed by atoms with Crippen LogP contribution in [0.1, 0.15) is 31.9 Å². The van der Waals surface area contributed by atoms with Gasteiger partial charge in [-0.1, -0.05) is 29.5 Å². The number of hydrogen-bond donors (Lipinski definition) is 0. The Hall–Kier alpha value is -14.0. The first-order chi connectivity index (χ1) is 52.1. The highest BCUT2D eigenvalue weighted by Crippen LogP contribution is 2.38. The van der Waals surface area contributed by atoms with Crippen molar-refractivity contribution >= 4 is 95.0 Å². The van der Waals surface area contributed by atoms with E-state index in [1.807, 2.05) is 114 Å². The van der Waals surface area contributed by atoms with Gasteiger partial charge < -0.3 is 13.6 Å². The molecule has 25 heterocycles. The van der Waals surface area contributed by atoms with Crippen LogP contribution in [0.25, 0.3) is 146 Å². The van der Waals surface area contributed by atoms with E-state index in [1.54, 1.807) is 79.2 Å². The monoisotopic (exact) mass is 1370 g/mol. The van der Waals surface area contributed by atoms with Crippen LogP contribution in [0.3, 0.4) is 0 Å². The molecule has 0 atom stereocenters. The maximum Gasteiger partial charge on any atom is 0.355 e. The van der Waals surface area contributed by atoms with Crippen LogP contribution in [0.2, 0.25) is 0 Å². The molecule has 28 heteroatoms. The van der Waals surface area contributed by atoms with Gasteiger partial charge in [-0.3, -0.25) is 39.9 Å². The van der Waals surface area contributed by atoms with E-state index in [1.165, 1.54) is 54.3 Å². The van der Waals surface area contributed by atoms with Crippen molar-refractivity contribution in [1.82, 2.24) is 100 Å². The third kappa shape index (κ3) is 8.30. The zero-order chi connectivity index (χ0) is 70.2. The second-order valence-electron chi connectivity index (χ2n) is 25.5. The first-order valence-corrected chi connectivity index (χ1v) is 34.0. The van der Waals surface area contributed by atoms with E-state index in [0.29, 0.717) is 29.1 Å². The second kappa shape index (κ2) is 21.7. The summed E-state index contributed by atoms with van der Waals surface area (Å²) in [5, 5.41) is 1.24. The first kappa shape index (κ1) is 54.0. The van der Waals surface area contributed by atoms with Gasteiger partial charge in [-0.25, -0.2) is 37.2 Å². The van der Waals surface area contributed by atoms with Crippen molar-refractivity contribution in [3.05, 3.63) is 255 Å². The Kier molecular flexibility index (Phi) is 11.4. The van der Waals surface area contributed by atoms with Crippen molar-refractivity contribution in [2.45, 2.75) is 32.7 Å². The fourth-order valence-corrected chi connectivity index (χ4v) is 16.6. The smallest absolute Gasteiger partial charge is 0.355 e. The summed E-state index contributed by atoms with van der Waals surface area (Å²) < 4.78 is 56.7. The fourth-order valence-electron chi connectivity index (χ4n) is 15.5. The van der Waals surface area contributed by atoms with Crippen molar-refractivity contribution in [1.29, 1.82) is 0 Å². The number of para-hydroxylation sites is 1. The molecule has 0 fully saturated rings. The van der Waals surface area contributed by atoms with Crippen LogP contribution in [0.15, 0.2) is 232 Å². The normalized spacial score (nSPS) is 13.5. The Bertz CT molecular complexity index is 7090. The number of pyridine rings is 7. The first-order valence-electron chi connectivity index (χ1n) is 34.7. The average Bonchev–Trinajstić information content (AvgIpc) is 1.56. The van der Waals surface area contributed by atoms with Crippen LogP contribution in [0.4, 0.5) is 0 Å². The maximum atomic E-state index is 7.89. The van der Waals surface area contributed by atoms with Gasteiger partial charge in [0.05, 0.1) is 77.7 Å². The summed E-state index contributed by atoms with van der Waals surface area (Å²) in [5.74, 6) is 4.05. The van der Waals surface area contributed by atoms with E-state index in [9.17, 15) is 0 Å². The molecular weight excluding hydrogens is 1310 g/mol. The lowest BCUT2D eigenvalue weighted by atomic mass is 10.2. The van der Waals surface area contributed by atoms with Gasteiger partial charge in [0.1, 0.15) is 55.3 Å². The number of aryl methyl sites for hydroxylation is 2. The lowest BCUT2D eigenvalue weighted by molar-refractivity contribution is -0.670. The van der Waals surface area contributed by atoms with E-state index in [2.05, 4.69) is 167 Å². The Balaban J connectivity index is 0.0000000830. The molecule has 490 valence electrons. The van der Waals surface area contributed by atoms with Crippen LogP contribution in [-0.2, 0) is 46.7 Å². The predicted molar refractivity (Wildman–Crippen MR) is 377 cm³/mol. The minimum Gasteiger partial charge on any atom is -0.395 e. The van der Waals surface area contributed by atoms with E-state index < -0.39 is 6.98 Å². The van der Waals surface area contributed by atoms with Gasteiger partial charge in [0.15, 0.2) is 17.4 Å². The van der Waals surface area contributed by atoms with E-state index in [0.717, 1.165) is 127 Å². The topological polar surface area (TPSA) is 237 Å². The van der Waals surface area contributed by atoms with Gasteiger partial charge in [0, 0.05) is 120 Å². The van der Waals surface area contributed by atoms with Crippen LogP contribution >= 0.6 is 11.3 Å².